The number of amides is 1. The third-order valence-corrected chi connectivity index (χ3v) is 4.28. The molecule has 0 bridgehead atoms. The Hall–Kier alpha value is -2.93. The van der Waals surface area contributed by atoms with Gasteiger partial charge in [-0.05, 0) is 37.7 Å². The number of hydrogen-bond acceptors (Lipinski definition) is 5. The van der Waals surface area contributed by atoms with Crippen molar-refractivity contribution in [3.05, 3.63) is 64.2 Å². The maximum Gasteiger partial charge on any atom is 0.292 e. The van der Waals surface area contributed by atoms with Crippen molar-refractivity contribution in [3.8, 4) is 0 Å². The van der Waals surface area contributed by atoms with Crippen LogP contribution < -0.4 is 10.2 Å². The zero-order valence-corrected chi connectivity index (χ0v) is 15.5. The molecule has 1 amide bonds. The van der Waals surface area contributed by atoms with E-state index in [2.05, 4.69) is 5.32 Å². The van der Waals surface area contributed by atoms with Crippen LogP contribution in [-0.4, -0.2) is 42.9 Å². The Morgan fingerprint density at radius 3 is 2.31 bits per heavy atom. The predicted octanol–water partition coefficient (Wildman–Crippen LogP) is 3.12. The number of nitro groups is 1. The molecule has 2 aromatic carbocycles. The third kappa shape index (κ3) is 4.80. The zero-order chi connectivity index (χ0) is 19.3. The number of para-hydroxylation sites is 2. The van der Waals surface area contributed by atoms with Crippen molar-refractivity contribution in [1.29, 1.82) is 0 Å². The molecule has 0 aliphatic rings. The van der Waals surface area contributed by atoms with Gasteiger partial charge in [0.1, 0.15) is 5.69 Å². The van der Waals surface area contributed by atoms with Crippen molar-refractivity contribution in [1.82, 2.24) is 4.90 Å². The molecule has 26 heavy (non-hydrogen) atoms. The Balaban J connectivity index is 2.02. The highest BCUT2D eigenvalue weighted by molar-refractivity contribution is 5.96. The van der Waals surface area contributed by atoms with Crippen LogP contribution in [0.15, 0.2) is 48.5 Å². The lowest BCUT2D eigenvalue weighted by Gasteiger charge is -2.24. The molecule has 0 aromatic heterocycles. The first kappa shape index (κ1) is 19.4. The summed E-state index contributed by atoms with van der Waals surface area (Å²) in [4.78, 5) is 27.0. The molecular formula is C19H24N4O3. The number of carbonyl (C=O) groups is 1. The lowest BCUT2D eigenvalue weighted by atomic mass is 10.1. The molecule has 0 radical (unpaired) electrons. The summed E-state index contributed by atoms with van der Waals surface area (Å²) < 4.78 is 0. The van der Waals surface area contributed by atoms with Crippen molar-refractivity contribution >= 4 is 23.0 Å². The van der Waals surface area contributed by atoms with Crippen molar-refractivity contribution in [3.63, 3.8) is 0 Å². The average molecular weight is 356 g/mol. The SMILES string of the molecule is C[C@@H](C(=O)Nc1ccccc1[N+](=O)[O-])N(C)Cc1ccc(N(C)C)cc1. The van der Waals surface area contributed by atoms with E-state index in [0.29, 0.717) is 6.54 Å². The van der Waals surface area contributed by atoms with Gasteiger partial charge < -0.3 is 10.2 Å². The van der Waals surface area contributed by atoms with E-state index in [9.17, 15) is 14.9 Å². The first-order valence-corrected chi connectivity index (χ1v) is 8.30. The Kier molecular flexibility index (Phi) is 6.30. The maximum absolute atomic E-state index is 12.5. The van der Waals surface area contributed by atoms with Gasteiger partial charge in [0.15, 0.2) is 0 Å². The summed E-state index contributed by atoms with van der Waals surface area (Å²) in [7, 11) is 5.82. The predicted molar refractivity (Wildman–Crippen MR) is 103 cm³/mol. The second kappa shape index (κ2) is 8.44. The lowest BCUT2D eigenvalue weighted by molar-refractivity contribution is -0.383. The molecule has 0 saturated carbocycles. The van der Waals surface area contributed by atoms with E-state index in [4.69, 9.17) is 0 Å². The molecule has 1 atom stereocenters. The quantitative estimate of drug-likeness (QED) is 0.609. The fourth-order valence-corrected chi connectivity index (χ4v) is 2.50. The van der Waals surface area contributed by atoms with Gasteiger partial charge in [0.2, 0.25) is 5.91 Å². The number of nitro benzene ring substituents is 1. The van der Waals surface area contributed by atoms with Crippen LogP contribution >= 0.6 is 0 Å². The van der Waals surface area contributed by atoms with E-state index in [-0.39, 0.29) is 17.3 Å². The van der Waals surface area contributed by atoms with Gasteiger partial charge in [-0.1, -0.05) is 24.3 Å². The summed E-state index contributed by atoms with van der Waals surface area (Å²) in [5.74, 6) is -0.285. The van der Waals surface area contributed by atoms with Crippen molar-refractivity contribution in [2.75, 3.05) is 31.4 Å². The van der Waals surface area contributed by atoms with Gasteiger partial charge in [0.05, 0.1) is 11.0 Å². The highest BCUT2D eigenvalue weighted by Gasteiger charge is 2.21. The zero-order valence-electron chi connectivity index (χ0n) is 15.5. The van der Waals surface area contributed by atoms with E-state index >= 15 is 0 Å². The van der Waals surface area contributed by atoms with Gasteiger partial charge >= 0.3 is 0 Å². The number of nitrogens with one attached hydrogen (secondary N) is 1. The van der Waals surface area contributed by atoms with Gasteiger partial charge in [-0.3, -0.25) is 19.8 Å². The molecule has 1 N–H and O–H groups in total. The van der Waals surface area contributed by atoms with Crippen molar-refractivity contribution in [2.24, 2.45) is 0 Å². The van der Waals surface area contributed by atoms with Crippen LogP contribution in [0.5, 0.6) is 0 Å². The topological polar surface area (TPSA) is 78.7 Å². The smallest absolute Gasteiger partial charge is 0.292 e. The van der Waals surface area contributed by atoms with E-state index in [0.717, 1.165) is 11.3 Å². The molecule has 138 valence electrons. The number of likely N-dealkylation sites (N-methyl/N-ethyl adjacent to an activating group) is 1. The molecular weight excluding hydrogens is 332 g/mol. The van der Waals surface area contributed by atoms with Crippen LogP contribution in [0, 0.1) is 10.1 Å². The minimum Gasteiger partial charge on any atom is -0.378 e. The lowest BCUT2D eigenvalue weighted by Crippen LogP contribution is -2.39. The molecule has 0 unspecified atom stereocenters. The summed E-state index contributed by atoms with van der Waals surface area (Å²) in [6, 6.07) is 13.8. The van der Waals surface area contributed by atoms with Gasteiger partial charge in [0, 0.05) is 32.4 Å². The summed E-state index contributed by atoms with van der Waals surface area (Å²) in [6.45, 7) is 2.37. The summed E-state index contributed by atoms with van der Waals surface area (Å²) in [5.41, 5.74) is 2.29. The second-order valence-electron chi connectivity index (χ2n) is 6.42. The minimum atomic E-state index is -0.504. The van der Waals surface area contributed by atoms with Crippen LogP contribution in [0.2, 0.25) is 0 Å². The largest absolute Gasteiger partial charge is 0.378 e. The molecule has 0 spiro atoms. The molecule has 0 aliphatic carbocycles. The Labute approximate surface area is 153 Å². The van der Waals surface area contributed by atoms with Crippen LogP contribution in [-0.2, 0) is 11.3 Å². The number of anilines is 2. The molecule has 0 fully saturated rings. The second-order valence-corrected chi connectivity index (χ2v) is 6.42. The van der Waals surface area contributed by atoms with E-state index in [1.54, 1.807) is 19.1 Å². The van der Waals surface area contributed by atoms with Gasteiger partial charge in [-0.25, -0.2) is 0 Å². The number of carbonyl (C=O) groups excluding carboxylic acids is 1. The minimum absolute atomic E-state index is 0.116. The van der Waals surface area contributed by atoms with Crippen LogP contribution in [0.4, 0.5) is 17.1 Å². The Bertz CT molecular complexity index is 775. The summed E-state index contributed by atoms with van der Waals surface area (Å²) in [5, 5.41) is 13.7. The third-order valence-electron chi connectivity index (χ3n) is 4.28. The number of hydrogen-bond donors (Lipinski definition) is 1. The van der Waals surface area contributed by atoms with Crippen LogP contribution in [0.3, 0.4) is 0 Å². The molecule has 2 aromatic rings. The van der Waals surface area contributed by atoms with E-state index in [1.807, 2.05) is 55.2 Å². The normalized spacial score (nSPS) is 11.9. The first-order chi connectivity index (χ1) is 12.3. The van der Waals surface area contributed by atoms with Crippen LogP contribution in [0.25, 0.3) is 0 Å². The molecule has 7 nitrogen and oxygen atoms in total. The molecule has 0 aliphatic heterocycles. The molecule has 2 rings (SSSR count). The molecule has 0 heterocycles. The number of nitrogens with zero attached hydrogens (tertiary/aromatic N) is 3. The Morgan fingerprint density at radius 2 is 1.73 bits per heavy atom. The fourth-order valence-electron chi connectivity index (χ4n) is 2.50. The highest BCUT2D eigenvalue weighted by atomic mass is 16.6. The highest BCUT2D eigenvalue weighted by Crippen LogP contribution is 2.23. The standard InChI is InChI=1S/C19H24N4O3/c1-14(19(24)20-17-7-5-6-8-18(17)23(25)26)22(4)13-15-9-11-16(12-10-15)21(2)3/h5-12,14H,13H2,1-4H3,(H,20,24)/t14-/m0/s1. The summed E-state index contributed by atoms with van der Waals surface area (Å²) in [6.07, 6.45) is 0. The number of benzene rings is 2. The molecule has 0 saturated heterocycles. The van der Waals surface area contributed by atoms with Crippen LogP contribution in [0.1, 0.15) is 12.5 Å². The number of rotatable bonds is 7. The fraction of sp³-hybridized carbons (Fsp3) is 0.316. The molecule has 7 heteroatoms. The first-order valence-electron chi connectivity index (χ1n) is 8.30. The van der Waals surface area contributed by atoms with E-state index in [1.165, 1.54) is 12.1 Å². The average Bonchev–Trinajstić information content (AvgIpc) is 2.61. The van der Waals surface area contributed by atoms with Crippen molar-refractivity contribution in [2.45, 2.75) is 19.5 Å². The summed E-state index contributed by atoms with van der Waals surface area (Å²) >= 11 is 0. The van der Waals surface area contributed by atoms with Crippen molar-refractivity contribution < 1.29 is 9.72 Å². The Morgan fingerprint density at radius 1 is 1.12 bits per heavy atom. The van der Waals surface area contributed by atoms with Gasteiger partial charge in [-0.15, -0.1) is 0 Å². The monoisotopic (exact) mass is 356 g/mol. The van der Waals surface area contributed by atoms with Gasteiger partial charge in [-0.2, -0.15) is 0 Å². The van der Waals surface area contributed by atoms with Gasteiger partial charge in [0.25, 0.3) is 5.69 Å². The van der Waals surface area contributed by atoms with E-state index < -0.39 is 11.0 Å². The maximum atomic E-state index is 12.5.